The highest BCUT2D eigenvalue weighted by molar-refractivity contribution is 6.05. The Labute approximate surface area is 154 Å². The molecule has 0 radical (unpaired) electrons. The molecule has 1 aliphatic rings. The third-order valence-electron chi connectivity index (χ3n) is 4.17. The van der Waals surface area contributed by atoms with Crippen LogP contribution in [0.25, 0.3) is 11.0 Å². The number of fused-ring (bicyclic) bond motifs is 2. The van der Waals surface area contributed by atoms with Crippen LogP contribution >= 0.6 is 12.4 Å². The second-order valence-corrected chi connectivity index (χ2v) is 5.69. The second kappa shape index (κ2) is 7.14. The molecule has 136 valence electrons. The van der Waals surface area contributed by atoms with Gasteiger partial charge in [-0.05, 0) is 12.1 Å². The van der Waals surface area contributed by atoms with E-state index in [0.29, 0.717) is 28.8 Å². The predicted molar refractivity (Wildman–Crippen MR) is 96.6 cm³/mol. The van der Waals surface area contributed by atoms with Crippen LogP contribution in [-0.4, -0.2) is 45.7 Å². The number of methoxy groups -OCH3 is 1. The molecule has 3 aromatic rings. The van der Waals surface area contributed by atoms with E-state index in [9.17, 15) is 9.59 Å². The lowest BCUT2D eigenvalue weighted by molar-refractivity contribution is 0.0602. The molecule has 0 spiro atoms. The van der Waals surface area contributed by atoms with Crippen molar-refractivity contribution in [2.45, 2.75) is 13.0 Å². The fraction of sp³-hybridized carbons (Fsp3) is 0.250. The predicted octanol–water partition coefficient (Wildman–Crippen LogP) is 1.39. The quantitative estimate of drug-likeness (QED) is 0.512. The monoisotopic (exact) mass is 376 g/mol. The van der Waals surface area contributed by atoms with E-state index in [0.717, 1.165) is 24.2 Å². The summed E-state index contributed by atoms with van der Waals surface area (Å²) in [6, 6.07) is 5.11. The van der Waals surface area contributed by atoms with Crippen LogP contribution < -0.4 is 10.6 Å². The summed E-state index contributed by atoms with van der Waals surface area (Å²) in [4.78, 5) is 31.6. The topological polar surface area (TPSA) is 125 Å². The lowest BCUT2D eigenvalue weighted by atomic mass is 10.1. The van der Waals surface area contributed by atoms with E-state index in [-0.39, 0.29) is 24.3 Å². The van der Waals surface area contributed by atoms with Crippen molar-refractivity contribution in [3.05, 3.63) is 40.7 Å². The van der Waals surface area contributed by atoms with Gasteiger partial charge < -0.3 is 15.0 Å². The van der Waals surface area contributed by atoms with E-state index in [1.807, 2.05) is 0 Å². The highest BCUT2D eigenvalue weighted by Gasteiger charge is 2.22. The number of esters is 1. The first kappa shape index (κ1) is 17.9. The van der Waals surface area contributed by atoms with E-state index in [1.165, 1.54) is 7.11 Å². The standard InChI is InChI=1S/C16H16N6O3.ClH/c1-25-15(24)8-3-2-4-11-12(8)19-16(18-11)20-14(23)13-9-7-17-6-5-10(9)21-22-13;/h2-4,17H,5-7H2,1H3,(H,21,22)(H2,18,19,20,23);1H. The Bertz CT molecular complexity index is 980. The molecule has 26 heavy (non-hydrogen) atoms. The lowest BCUT2D eigenvalue weighted by Crippen LogP contribution is -2.25. The van der Waals surface area contributed by atoms with Crippen molar-refractivity contribution in [1.29, 1.82) is 0 Å². The number of amides is 1. The minimum atomic E-state index is -0.484. The van der Waals surface area contributed by atoms with Gasteiger partial charge in [0.1, 0.15) is 5.52 Å². The van der Waals surface area contributed by atoms with Crippen molar-refractivity contribution >= 4 is 41.3 Å². The molecule has 0 aliphatic carbocycles. The van der Waals surface area contributed by atoms with E-state index >= 15 is 0 Å². The van der Waals surface area contributed by atoms with Gasteiger partial charge in [-0.15, -0.1) is 12.4 Å². The van der Waals surface area contributed by atoms with Gasteiger partial charge in [-0.1, -0.05) is 6.07 Å². The van der Waals surface area contributed by atoms with E-state index in [4.69, 9.17) is 4.74 Å². The van der Waals surface area contributed by atoms with Gasteiger partial charge >= 0.3 is 5.97 Å². The maximum Gasteiger partial charge on any atom is 0.340 e. The normalized spacial score (nSPS) is 13.0. The van der Waals surface area contributed by atoms with Gasteiger partial charge in [-0.25, -0.2) is 9.78 Å². The Kier molecular flexibility index (Phi) is 4.92. The Balaban J connectivity index is 0.00000196. The van der Waals surface area contributed by atoms with Crippen molar-refractivity contribution < 1.29 is 14.3 Å². The Morgan fingerprint density at radius 3 is 2.96 bits per heavy atom. The zero-order valence-corrected chi connectivity index (χ0v) is 14.7. The van der Waals surface area contributed by atoms with Crippen LogP contribution in [0.5, 0.6) is 0 Å². The molecule has 4 N–H and O–H groups in total. The number of benzene rings is 1. The van der Waals surface area contributed by atoms with Crippen LogP contribution in [0, 0.1) is 0 Å². The summed E-state index contributed by atoms with van der Waals surface area (Å²) in [7, 11) is 1.31. The van der Waals surface area contributed by atoms with Crippen LogP contribution in [0.1, 0.15) is 32.1 Å². The number of carbonyl (C=O) groups excluding carboxylic acids is 2. The van der Waals surface area contributed by atoms with Crippen molar-refractivity contribution in [2.24, 2.45) is 0 Å². The molecule has 1 aromatic carbocycles. The van der Waals surface area contributed by atoms with Crippen LogP contribution in [0.15, 0.2) is 18.2 Å². The van der Waals surface area contributed by atoms with Crippen LogP contribution in [0.3, 0.4) is 0 Å². The minimum absolute atomic E-state index is 0. The maximum atomic E-state index is 12.5. The number of rotatable bonds is 3. The molecular formula is C16H17ClN6O3. The summed E-state index contributed by atoms with van der Waals surface area (Å²) in [5.74, 6) is -0.598. The van der Waals surface area contributed by atoms with Crippen molar-refractivity contribution in [3.8, 4) is 0 Å². The van der Waals surface area contributed by atoms with Gasteiger partial charge in [0, 0.05) is 30.8 Å². The molecule has 0 saturated carbocycles. The number of anilines is 1. The zero-order valence-electron chi connectivity index (χ0n) is 13.9. The smallest absolute Gasteiger partial charge is 0.340 e. The Hall–Kier alpha value is -2.91. The molecule has 1 amide bonds. The van der Waals surface area contributed by atoms with Gasteiger partial charge in [0.25, 0.3) is 5.91 Å². The van der Waals surface area contributed by atoms with Gasteiger partial charge in [-0.2, -0.15) is 5.10 Å². The number of halogens is 1. The fourth-order valence-electron chi connectivity index (χ4n) is 2.95. The summed E-state index contributed by atoms with van der Waals surface area (Å²) in [6.45, 7) is 1.46. The fourth-order valence-corrected chi connectivity index (χ4v) is 2.95. The largest absolute Gasteiger partial charge is 0.465 e. The molecular weight excluding hydrogens is 360 g/mol. The average molecular weight is 377 g/mol. The van der Waals surface area contributed by atoms with Gasteiger partial charge in [0.05, 0.1) is 18.2 Å². The van der Waals surface area contributed by atoms with Gasteiger partial charge in [0.15, 0.2) is 5.69 Å². The van der Waals surface area contributed by atoms with Gasteiger partial charge in [0.2, 0.25) is 5.95 Å². The maximum absolute atomic E-state index is 12.5. The summed E-state index contributed by atoms with van der Waals surface area (Å²) < 4.78 is 4.75. The molecule has 0 unspecified atom stereocenters. The number of nitrogens with one attached hydrogen (secondary N) is 4. The number of ether oxygens (including phenoxy) is 1. The molecule has 1 aliphatic heterocycles. The number of aromatic amines is 2. The number of imidazole rings is 1. The SMILES string of the molecule is COC(=O)c1cccc2[nH]c(NC(=O)c3n[nH]c4c3CNCC4)nc12.Cl. The molecule has 0 bridgehead atoms. The Morgan fingerprint density at radius 1 is 1.31 bits per heavy atom. The third kappa shape index (κ3) is 3.02. The van der Waals surface area contributed by atoms with Crippen molar-refractivity contribution in [1.82, 2.24) is 25.5 Å². The highest BCUT2D eigenvalue weighted by Crippen LogP contribution is 2.21. The number of hydrogen-bond donors (Lipinski definition) is 4. The molecule has 9 nitrogen and oxygen atoms in total. The summed E-state index contributed by atoms with van der Waals surface area (Å²) in [5, 5.41) is 12.9. The van der Waals surface area contributed by atoms with Crippen LogP contribution in [0.2, 0.25) is 0 Å². The van der Waals surface area contributed by atoms with Crippen LogP contribution in [-0.2, 0) is 17.7 Å². The molecule has 4 rings (SSSR count). The van der Waals surface area contributed by atoms with Crippen molar-refractivity contribution in [3.63, 3.8) is 0 Å². The molecule has 3 heterocycles. The molecule has 0 atom stereocenters. The molecule has 0 saturated heterocycles. The average Bonchev–Trinajstić information content (AvgIpc) is 3.24. The number of hydrogen-bond acceptors (Lipinski definition) is 6. The summed E-state index contributed by atoms with van der Waals surface area (Å²) >= 11 is 0. The molecule has 10 heteroatoms. The first-order chi connectivity index (χ1) is 12.2. The lowest BCUT2D eigenvalue weighted by Gasteiger charge is -2.12. The van der Waals surface area contributed by atoms with Crippen LogP contribution in [0.4, 0.5) is 5.95 Å². The van der Waals surface area contributed by atoms with E-state index < -0.39 is 5.97 Å². The zero-order chi connectivity index (χ0) is 17.4. The Morgan fingerprint density at radius 2 is 2.15 bits per heavy atom. The highest BCUT2D eigenvalue weighted by atomic mass is 35.5. The van der Waals surface area contributed by atoms with E-state index in [1.54, 1.807) is 18.2 Å². The minimum Gasteiger partial charge on any atom is -0.465 e. The van der Waals surface area contributed by atoms with Gasteiger partial charge in [-0.3, -0.25) is 15.2 Å². The number of para-hydroxylation sites is 1. The number of nitrogens with zero attached hydrogens (tertiary/aromatic N) is 2. The molecule has 2 aromatic heterocycles. The third-order valence-corrected chi connectivity index (χ3v) is 4.17. The number of H-pyrrole nitrogens is 2. The number of aromatic nitrogens is 4. The van der Waals surface area contributed by atoms with E-state index in [2.05, 4.69) is 30.8 Å². The summed E-state index contributed by atoms with van der Waals surface area (Å²) in [6.07, 6.45) is 0.808. The first-order valence-electron chi connectivity index (χ1n) is 7.82. The van der Waals surface area contributed by atoms with Crippen molar-refractivity contribution in [2.75, 3.05) is 19.0 Å². The summed E-state index contributed by atoms with van der Waals surface area (Å²) in [5.41, 5.74) is 3.59. The second-order valence-electron chi connectivity index (χ2n) is 5.69. The first-order valence-corrected chi connectivity index (χ1v) is 7.82. The number of carbonyl (C=O) groups is 2. The molecule has 0 fully saturated rings.